The maximum Gasteiger partial charge on any atom is 0.407 e. The first-order chi connectivity index (χ1) is 10.1. The molecule has 2 N–H and O–H groups in total. The zero-order valence-electron chi connectivity index (χ0n) is 11.6. The number of carbonyl (C=O) groups excluding carboxylic acids is 1. The molecule has 1 fully saturated rings. The van der Waals surface area contributed by atoms with Crippen molar-refractivity contribution in [1.82, 2.24) is 14.5 Å². The summed E-state index contributed by atoms with van der Waals surface area (Å²) in [7, 11) is 1.88. The largest absolute Gasteiger partial charge is 0.465 e. The number of nitrogens with zero attached hydrogens (tertiary/aromatic N) is 3. The van der Waals surface area contributed by atoms with Crippen LogP contribution in [-0.2, 0) is 11.8 Å². The molecule has 7 heteroatoms. The number of pyridine rings is 1. The van der Waals surface area contributed by atoms with E-state index >= 15 is 0 Å². The molecule has 1 aliphatic heterocycles. The van der Waals surface area contributed by atoms with E-state index in [2.05, 4.69) is 10.3 Å². The fraction of sp³-hybridized carbons (Fsp3) is 0.357. The highest BCUT2D eigenvalue weighted by Crippen LogP contribution is 2.20. The van der Waals surface area contributed by atoms with Crippen molar-refractivity contribution < 1.29 is 14.7 Å². The second-order valence-electron chi connectivity index (χ2n) is 5.16. The van der Waals surface area contributed by atoms with E-state index in [1.807, 2.05) is 29.9 Å². The lowest BCUT2D eigenvalue weighted by Gasteiger charge is -2.20. The monoisotopic (exact) mass is 288 g/mol. The number of anilines is 1. The molecule has 0 radical (unpaired) electrons. The molecule has 0 aromatic carbocycles. The second kappa shape index (κ2) is 5.08. The van der Waals surface area contributed by atoms with Crippen LogP contribution in [0.2, 0.25) is 0 Å². The summed E-state index contributed by atoms with van der Waals surface area (Å²) in [5, 5.41) is 12.8. The number of carbonyl (C=O) groups is 2. The molecule has 0 unspecified atom stereocenters. The molecule has 3 rings (SSSR count). The summed E-state index contributed by atoms with van der Waals surface area (Å²) in [5.41, 5.74) is 0.773. The predicted molar refractivity (Wildman–Crippen MR) is 77.1 cm³/mol. The highest BCUT2D eigenvalue weighted by Gasteiger charge is 2.34. The molecule has 0 aliphatic carbocycles. The molecule has 1 atom stereocenters. The SMILES string of the molecule is Cn1ccc2ccc(NC(=O)[C@@H]3CCCN3C(=O)O)nc21. The van der Waals surface area contributed by atoms with Crippen LogP contribution in [0.5, 0.6) is 0 Å². The van der Waals surface area contributed by atoms with Gasteiger partial charge in [-0.05, 0) is 31.0 Å². The number of hydrogen-bond acceptors (Lipinski definition) is 3. The first-order valence-electron chi connectivity index (χ1n) is 6.79. The normalized spacial score (nSPS) is 18.1. The maximum atomic E-state index is 12.2. The lowest BCUT2D eigenvalue weighted by molar-refractivity contribution is -0.119. The van der Waals surface area contributed by atoms with E-state index in [0.29, 0.717) is 25.2 Å². The van der Waals surface area contributed by atoms with E-state index in [1.165, 1.54) is 4.90 Å². The van der Waals surface area contributed by atoms with Crippen molar-refractivity contribution in [3.8, 4) is 0 Å². The second-order valence-corrected chi connectivity index (χ2v) is 5.16. The molecule has 0 bridgehead atoms. The number of amides is 2. The zero-order valence-corrected chi connectivity index (χ0v) is 11.6. The van der Waals surface area contributed by atoms with Crippen LogP contribution in [0.1, 0.15) is 12.8 Å². The molecule has 7 nitrogen and oxygen atoms in total. The van der Waals surface area contributed by atoms with Crippen molar-refractivity contribution in [2.24, 2.45) is 7.05 Å². The van der Waals surface area contributed by atoms with Gasteiger partial charge in [-0.15, -0.1) is 0 Å². The summed E-state index contributed by atoms with van der Waals surface area (Å²) in [6, 6.07) is 4.91. The van der Waals surface area contributed by atoms with E-state index in [9.17, 15) is 9.59 Å². The van der Waals surface area contributed by atoms with Crippen molar-refractivity contribution >= 4 is 28.9 Å². The molecule has 1 aliphatic rings. The van der Waals surface area contributed by atoms with Gasteiger partial charge in [-0.3, -0.25) is 9.69 Å². The Morgan fingerprint density at radius 1 is 1.38 bits per heavy atom. The van der Waals surface area contributed by atoms with Gasteiger partial charge in [0.15, 0.2) is 0 Å². The third-order valence-corrected chi connectivity index (χ3v) is 3.77. The van der Waals surface area contributed by atoms with Crippen molar-refractivity contribution in [2.45, 2.75) is 18.9 Å². The topological polar surface area (TPSA) is 87.5 Å². The van der Waals surface area contributed by atoms with E-state index in [-0.39, 0.29) is 5.91 Å². The predicted octanol–water partition coefficient (Wildman–Crippen LogP) is 1.65. The van der Waals surface area contributed by atoms with Crippen LogP contribution < -0.4 is 5.32 Å². The average Bonchev–Trinajstić information content (AvgIpc) is 3.06. The Kier molecular flexibility index (Phi) is 3.25. The summed E-state index contributed by atoms with van der Waals surface area (Å²) in [4.78, 5) is 28.9. The van der Waals surface area contributed by atoms with Gasteiger partial charge in [-0.25, -0.2) is 9.78 Å². The molecule has 2 aromatic rings. The molecule has 2 aromatic heterocycles. The van der Waals surface area contributed by atoms with Crippen LogP contribution >= 0.6 is 0 Å². The molecule has 3 heterocycles. The van der Waals surface area contributed by atoms with Crippen molar-refractivity contribution in [3.63, 3.8) is 0 Å². The number of nitrogens with one attached hydrogen (secondary N) is 1. The smallest absolute Gasteiger partial charge is 0.407 e. The Morgan fingerprint density at radius 2 is 2.19 bits per heavy atom. The molecule has 2 amide bonds. The fourth-order valence-corrected chi connectivity index (χ4v) is 2.68. The van der Waals surface area contributed by atoms with Crippen LogP contribution in [0.4, 0.5) is 10.6 Å². The summed E-state index contributed by atoms with van der Waals surface area (Å²) in [6.45, 7) is 0.400. The van der Waals surface area contributed by atoms with Gasteiger partial charge in [0.25, 0.3) is 0 Å². The number of fused-ring (bicyclic) bond motifs is 1. The standard InChI is InChI=1S/C14H16N4O3/c1-17-8-6-9-4-5-11(15-12(9)17)16-13(19)10-3-2-7-18(10)14(20)21/h4-6,8,10H,2-3,7H2,1H3,(H,20,21)(H,15,16,19)/t10-/m0/s1. The van der Waals surface area contributed by atoms with Crippen molar-refractivity contribution in [3.05, 3.63) is 24.4 Å². The van der Waals surface area contributed by atoms with Crippen LogP contribution in [0.15, 0.2) is 24.4 Å². The van der Waals surface area contributed by atoms with Crippen LogP contribution in [0.25, 0.3) is 11.0 Å². The van der Waals surface area contributed by atoms with Gasteiger partial charge in [0, 0.05) is 25.2 Å². The number of rotatable bonds is 2. The average molecular weight is 288 g/mol. The Morgan fingerprint density at radius 3 is 2.95 bits per heavy atom. The summed E-state index contributed by atoms with van der Waals surface area (Å²) in [6.07, 6.45) is 2.09. The van der Waals surface area contributed by atoms with Gasteiger partial charge in [0.05, 0.1) is 0 Å². The van der Waals surface area contributed by atoms with Gasteiger partial charge < -0.3 is 15.0 Å². The van der Waals surface area contributed by atoms with Crippen LogP contribution in [-0.4, -0.2) is 44.1 Å². The first-order valence-corrected chi connectivity index (χ1v) is 6.79. The number of aromatic nitrogens is 2. The van der Waals surface area contributed by atoms with Crippen molar-refractivity contribution in [1.29, 1.82) is 0 Å². The van der Waals surface area contributed by atoms with E-state index in [4.69, 9.17) is 5.11 Å². The summed E-state index contributed by atoms with van der Waals surface area (Å²) in [5.74, 6) is 0.113. The van der Waals surface area contributed by atoms with Crippen LogP contribution in [0.3, 0.4) is 0 Å². The maximum absolute atomic E-state index is 12.2. The lowest BCUT2D eigenvalue weighted by Crippen LogP contribution is -2.42. The zero-order chi connectivity index (χ0) is 15.0. The van der Waals surface area contributed by atoms with Crippen molar-refractivity contribution in [2.75, 3.05) is 11.9 Å². The van der Waals surface area contributed by atoms with Gasteiger partial charge in [0.1, 0.15) is 17.5 Å². The van der Waals surface area contributed by atoms with E-state index in [1.54, 1.807) is 6.07 Å². The Balaban J connectivity index is 1.79. The molecular formula is C14H16N4O3. The Hall–Kier alpha value is -2.57. The first kappa shape index (κ1) is 13.4. The minimum Gasteiger partial charge on any atom is -0.465 e. The fourth-order valence-electron chi connectivity index (χ4n) is 2.68. The summed E-state index contributed by atoms with van der Waals surface area (Å²) >= 11 is 0. The van der Waals surface area contributed by atoms with E-state index in [0.717, 1.165) is 11.0 Å². The third kappa shape index (κ3) is 2.42. The molecule has 0 saturated carbocycles. The molecule has 1 saturated heterocycles. The van der Waals surface area contributed by atoms with E-state index < -0.39 is 12.1 Å². The highest BCUT2D eigenvalue weighted by atomic mass is 16.4. The Labute approximate surface area is 121 Å². The lowest BCUT2D eigenvalue weighted by atomic mass is 10.2. The van der Waals surface area contributed by atoms with Crippen LogP contribution in [0, 0.1) is 0 Å². The summed E-state index contributed by atoms with van der Waals surface area (Å²) < 4.78 is 1.87. The number of carboxylic acid groups (broad SMARTS) is 1. The molecule has 0 spiro atoms. The quantitative estimate of drug-likeness (QED) is 0.879. The Bertz CT molecular complexity index is 709. The third-order valence-electron chi connectivity index (χ3n) is 3.77. The minimum absolute atomic E-state index is 0.323. The van der Waals surface area contributed by atoms with Gasteiger partial charge in [-0.2, -0.15) is 0 Å². The van der Waals surface area contributed by atoms with Gasteiger partial charge in [-0.1, -0.05) is 0 Å². The van der Waals surface area contributed by atoms with Gasteiger partial charge in [0.2, 0.25) is 5.91 Å². The molecular weight excluding hydrogens is 272 g/mol. The number of aryl methyl sites for hydroxylation is 1. The number of likely N-dealkylation sites (tertiary alicyclic amines) is 1. The van der Waals surface area contributed by atoms with Gasteiger partial charge >= 0.3 is 6.09 Å². The molecule has 21 heavy (non-hydrogen) atoms. The molecule has 110 valence electrons. The highest BCUT2D eigenvalue weighted by molar-refractivity contribution is 5.96. The minimum atomic E-state index is -1.06. The number of hydrogen-bond donors (Lipinski definition) is 2.